The molecular formula is C15H39KSi4. The molecule has 0 radical (unpaired) electrons. The van der Waals surface area contributed by atoms with Crippen molar-refractivity contribution < 1.29 is 51.4 Å². The fraction of sp³-hybridized carbons (Fsp3) is 1.00. The average Bonchev–Trinajstić information content (AvgIpc) is 2.07. The van der Waals surface area contributed by atoms with Crippen LogP contribution in [0.2, 0.25) is 55.9 Å². The van der Waals surface area contributed by atoms with E-state index >= 15 is 0 Å². The molecule has 0 N–H and O–H groups in total. The molecule has 0 aliphatic carbocycles. The third kappa shape index (κ3) is 5.26. The van der Waals surface area contributed by atoms with Crippen LogP contribution in [0.15, 0.2) is 0 Å². The molecule has 0 aliphatic rings. The average molecular weight is 371 g/mol. The van der Waals surface area contributed by atoms with E-state index in [1.54, 1.807) is 0 Å². The Morgan fingerprint density at radius 3 is 0.800 bits per heavy atom. The molecule has 0 aromatic rings. The van der Waals surface area contributed by atoms with Crippen molar-refractivity contribution in [3.05, 3.63) is 0 Å². The summed E-state index contributed by atoms with van der Waals surface area (Å²) in [6.45, 7) is 31.5. The minimum Gasteiger partial charge on any atom is -0.250 e. The number of hydrogen-bond acceptors (Lipinski definition) is 0. The van der Waals surface area contributed by atoms with Gasteiger partial charge in [-0.1, -0.05) is 105 Å². The summed E-state index contributed by atoms with van der Waals surface area (Å²) in [4.78, 5) is 0. The molecule has 0 nitrogen and oxygen atoms in total. The molecule has 0 fully saturated rings. The van der Waals surface area contributed by atoms with E-state index in [0.717, 1.165) is 16.6 Å². The Labute approximate surface area is 176 Å². The Morgan fingerprint density at radius 1 is 0.550 bits per heavy atom. The minimum atomic E-state index is -1.20. The van der Waals surface area contributed by atoms with Gasteiger partial charge in [-0.05, 0) is 0 Å². The maximum atomic E-state index is 2.69. The molecule has 0 rings (SSSR count). The monoisotopic (exact) mass is 370 g/mol. The first-order valence-electron chi connectivity index (χ1n) is 8.08. The zero-order valence-electron chi connectivity index (χ0n) is 16.7. The third-order valence-electron chi connectivity index (χ3n) is 4.80. The standard InChI is InChI=1S/C15H39Si4.K/c1-13(2)19(14(3)4,15(5)6)16(17(7,8)9)18(10,11)12;/h13-15H,1-12H3;/q-1;+1. The van der Waals surface area contributed by atoms with Gasteiger partial charge in [-0.25, -0.2) is 7.35 Å². The maximum absolute atomic E-state index is 2.69. The zero-order chi connectivity index (χ0) is 15.8. The van der Waals surface area contributed by atoms with E-state index in [0.29, 0.717) is 0 Å². The molecule has 0 heterocycles. The first-order valence-corrected chi connectivity index (χ1v) is 21.8. The van der Waals surface area contributed by atoms with Crippen LogP contribution in [-0.4, -0.2) is 30.1 Å². The first-order chi connectivity index (χ1) is 8.20. The van der Waals surface area contributed by atoms with Crippen molar-refractivity contribution in [3.8, 4) is 0 Å². The molecular weight excluding hydrogens is 332 g/mol. The van der Waals surface area contributed by atoms with Gasteiger partial charge in [0.15, 0.2) is 0 Å². The van der Waals surface area contributed by atoms with Crippen LogP contribution in [0.4, 0.5) is 0 Å². The van der Waals surface area contributed by atoms with Crippen LogP contribution < -0.4 is 51.4 Å². The Hall–Kier alpha value is 2.50. The van der Waals surface area contributed by atoms with Crippen molar-refractivity contribution in [2.24, 2.45) is 0 Å². The van der Waals surface area contributed by atoms with Crippen LogP contribution in [0.5, 0.6) is 0 Å². The Bertz CT molecular complexity index is 251. The summed E-state index contributed by atoms with van der Waals surface area (Å²) in [7, 11) is -3.40. The van der Waals surface area contributed by atoms with Crippen molar-refractivity contribution >= 4 is 30.1 Å². The van der Waals surface area contributed by atoms with Crippen molar-refractivity contribution in [1.82, 2.24) is 0 Å². The smallest absolute Gasteiger partial charge is 0.250 e. The van der Waals surface area contributed by atoms with Crippen molar-refractivity contribution in [2.45, 2.75) is 97.4 Å². The van der Waals surface area contributed by atoms with Gasteiger partial charge in [0.2, 0.25) is 0 Å². The van der Waals surface area contributed by atoms with E-state index < -0.39 is 22.8 Å². The molecule has 0 saturated heterocycles. The summed E-state index contributed by atoms with van der Waals surface area (Å²) in [6.07, 6.45) is 0. The molecule has 0 amide bonds. The molecule has 0 atom stereocenters. The summed E-state index contributed by atoms with van der Waals surface area (Å²) in [6, 6.07) is 0. The van der Waals surface area contributed by atoms with Gasteiger partial charge in [0.1, 0.15) is 0 Å². The Morgan fingerprint density at radius 2 is 0.750 bits per heavy atom. The third-order valence-corrected chi connectivity index (χ3v) is 66.0. The van der Waals surface area contributed by atoms with Crippen LogP contribution in [0.1, 0.15) is 41.5 Å². The second-order valence-electron chi connectivity index (χ2n) is 9.27. The van der Waals surface area contributed by atoms with E-state index in [-0.39, 0.29) is 58.7 Å². The fourth-order valence-corrected chi connectivity index (χ4v) is 94.8. The number of hydrogen-bond donors (Lipinski definition) is 0. The van der Waals surface area contributed by atoms with Crippen LogP contribution >= 0.6 is 0 Å². The van der Waals surface area contributed by atoms with Gasteiger partial charge in [-0.2, -0.15) is 0 Å². The minimum absolute atomic E-state index is 0. The Kier molecular flexibility index (Phi) is 10.6. The van der Waals surface area contributed by atoms with Crippen LogP contribution in [0, 0.1) is 0 Å². The van der Waals surface area contributed by atoms with E-state index in [4.69, 9.17) is 0 Å². The molecule has 0 bridgehead atoms. The summed E-state index contributed by atoms with van der Waals surface area (Å²) in [5, 5.41) is 0. The van der Waals surface area contributed by atoms with E-state index in [1.807, 2.05) is 0 Å². The second kappa shape index (κ2) is 8.56. The van der Waals surface area contributed by atoms with Gasteiger partial charge in [0.05, 0.1) is 0 Å². The molecule has 0 spiro atoms. The van der Waals surface area contributed by atoms with E-state index in [2.05, 4.69) is 80.8 Å². The molecule has 0 aromatic carbocycles. The summed E-state index contributed by atoms with van der Waals surface area (Å²) >= 11 is 0. The fourth-order valence-electron chi connectivity index (χ4n) is 5.29. The van der Waals surface area contributed by atoms with E-state index in [9.17, 15) is 0 Å². The second-order valence-corrected chi connectivity index (χ2v) is 45.0. The zero-order valence-corrected chi connectivity index (χ0v) is 23.9. The van der Waals surface area contributed by atoms with Crippen molar-refractivity contribution in [3.63, 3.8) is 0 Å². The molecule has 0 aliphatic heterocycles. The van der Waals surface area contributed by atoms with Gasteiger partial charge < -0.3 is 0 Å². The predicted molar refractivity (Wildman–Crippen MR) is 103 cm³/mol. The predicted octanol–water partition coefficient (Wildman–Crippen LogP) is 3.08. The Balaban J connectivity index is 0. The first kappa shape index (κ1) is 24.8. The van der Waals surface area contributed by atoms with Crippen molar-refractivity contribution in [2.75, 3.05) is 0 Å². The molecule has 20 heavy (non-hydrogen) atoms. The van der Waals surface area contributed by atoms with Crippen LogP contribution in [-0.2, 0) is 0 Å². The molecule has 116 valence electrons. The van der Waals surface area contributed by atoms with Crippen LogP contribution in [0.3, 0.4) is 0 Å². The largest absolute Gasteiger partial charge is 1.00 e. The van der Waals surface area contributed by atoms with Gasteiger partial charge in [0.25, 0.3) is 0 Å². The number of rotatable bonds is 6. The van der Waals surface area contributed by atoms with Gasteiger partial charge in [-0.3, -0.25) is 0 Å². The topological polar surface area (TPSA) is 0 Å². The van der Waals surface area contributed by atoms with Crippen LogP contribution in [0.25, 0.3) is 0 Å². The molecule has 0 unspecified atom stereocenters. The quantitative estimate of drug-likeness (QED) is 0.630. The summed E-state index contributed by atoms with van der Waals surface area (Å²) in [5.41, 5.74) is 2.87. The van der Waals surface area contributed by atoms with Gasteiger partial charge in [-0.15, -0.1) is 15.2 Å². The summed E-state index contributed by atoms with van der Waals surface area (Å²) < 4.78 is 0. The molecule has 0 saturated carbocycles. The molecule has 5 heteroatoms. The molecule has 0 aromatic heterocycles. The maximum Gasteiger partial charge on any atom is 1.00 e. The van der Waals surface area contributed by atoms with E-state index in [1.165, 1.54) is 0 Å². The van der Waals surface area contributed by atoms with Gasteiger partial charge >= 0.3 is 51.4 Å². The SMILES string of the molecule is CC(C)[Si](C(C)C)(C(C)C)[Si-]([Si](C)(C)C)[Si](C)(C)C.[K+]. The normalized spacial score (nSPS) is 14.4. The summed E-state index contributed by atoms with van der Waals surface area (Å²) in [5.74, 6) is 0. The van der Waals surface area contributed by atoms with Crippen molar-refractivity contribution in [1.29, 1.82) is 0 Å². The van der Waals surface area contributed by atoms with Gasteiger partial charge in [0, 0.05) is 0 Å².